The standard InChI is InChI=1S/C22H19BrN2O2/c1-14-7-3-4-8-15(14)13-27-21-17(23)11-16(12-20(21)26-2)22-24-18-9-5-6-10-19(18)25-22/h3-12H,13H2,1-2H3,(H,24,25). The Kier molecular flexibility index (Phi) is 4.86. The maximum absolute atomic E-state index is 6.07. The molecule has 0 unspecified atom stereocenters. The average Bonchev–Trinajstić information content (AvgIpc) is 3.12. The van der Waals surface area contributed by atoms with Crippen molar-refractivity contribution < 1.29 is 9.47 Å². The summed E-state index contributed by atoms with van der Waals surface area (Å²) in [5, 5.41) is 0. The first-order chi connectivity index (χ1) is 13.2. The number of para-hydroxylation sites is 2. The van der Waals surface area contributed by atoms with Crippen LogP contribution in [0, 0.1) is 6.92 Å². The highest BCUT2D eigenvalue weighted by atomic mass is 79.9. The number of nitrogens with zero attached hydrogens (tertiary/aromatic N) is 1. The Balaban J connectivity index is 1.67. The van der Waals surface area contributed by atoms with E-state index in [9.17, 15) is 0 Å². The van der Waals surface area contributed by atoms with E-state index in [4.69, 9.17) is 9.47 Å². The van der Waals surface area contributed by atoms with Gasteiger partial charge >= 0.3 is 0 Å². The fourth-order valence-electron chi connectivity index (χ4n) is 3.01. The molecule has 0 saturated heterocycles. The van der Waals surface area contributed by atoms with Gasteiger partial charge in [0.2, 0.25) is 0 Å². The summed E-state index contributed by atoms with van der Waals surface area (Å²) >= 11 is 3.63. The molecule has 1 aromatic heterocycles. The van der Waals surface area contributed by atoms with Crippen LogP contribution in [0.5, 0.6) is 11.5 Å². The van der Waals surface area contributed by atoms with Gasteiger partial charge in [-0.05, 0) is 58.2 Å². The van der Waals surface area contributed by atoms with Gasteiger partial charge in [-0.2, -0.15) is 0 Å². The number of ether oxygens (including phenoxy) is 2. The van der Waals surface area contributed by atoms with E-state index in [1.807, 2.05) is 48.5 Å². The van der Waals surface area contributed by atoms with E-state index in [0.29, 0.717) is 18.1 Å². The van der Waals surface area contributed by atoms with Gasteiger partial charge in [-0.25, -0.2) is 4.98 Å². The number of imidazole rings is 1. The molecule has 4 rings (SSSR count). The fourth-order valence-corrected chi connectivity index (χ4v) is 3.56. The molecule has 1 N–H and O–H groups in total. The smallest absolute Gasteiger partial charge is 0.175 e. The minimum atomic E-state index is 0.478. The van der Waals surface area contributed by atoms with Gasteiger partial charge in [-0.3, -0.25) is 0 Å². The third-order valence-electron chi connectivity index (χ3n) is 4.53. The van der Waals surface area contributed by atoms with Gasteiger partial charge in [0, 0.05) is 5.56 Å². The van der Waals surface area contributed by atoms with Crippen molar-refractivity contribution in [2.45, 2.75) is 13.5 Å². The number of aromatic amines is 1. The molecule has 1 heterocycles. The molecule has 0 atom stereocenters. The summed E-state index contributed by atoms with van der Waals surface area (Å²) in [7, 11) is 1.64. The molecule has 3 aromatic carbocycles. The van der Waals surface area contributed by atoms with Crippen molar-refractivity contribution in [1.29, 1.82) is 0 Å². The van der Waals surface area contributed by atoms with Gasteiger partial charge in [-0.15, -0.1) is 0 Å². The van der Waals surface area contributed by atoms with E-state index in [2.05, 4.69) is 45.0 Å². The van der Waals surface area contributed by atoms with Crippen LogP contribution in [0.1, 0.15) is 11.1 Å². The van der Waals surface area contributed by atoms with E-state index >= 15 is 0 Å². The lowest BCUT2D eigenvalue weighted by Gasteiger charge is -2.15. The van der Waals surface area contributed by atoms with Crippen LogP contribution in [-0.4, -0.2) is 17.1 Å². The summed E-state index contributed by atoms with van der Waals surface area (Å²) in [5.41, 5.74) is 5.21. The Hall–Kier alpha value is -2.79. The highest BCUT2D eigenvalue weighted by Gasteiger charge is 2.15. The molecular weight excluding hydrogens is 404 g/mol. The van der Waals surface area contributed by atoms with Crippen LogP contribution in [0.4, 0.5) is 0 Å². The van der Waals surface area contributed by atoms with Crippen molar-refractivity contribution in [2.75, 3.05) is 7.11 Å². The minimum absolute atomic E-state index is 0.478. The van der Waals surface area contributed by atoms with Gasteiger partial charge in [0.1, 0.15) is 12.4 Å². The number of rotatable bonds is 5. The van der Waals surface area contributed by atoms with Crippen molar-refractivity contribution in [2.24, 2.45) is 0 Å². The van der Waals surface area contributed by atoms with Crippen LogP contribution < -0.4 is 9.47 Å². The van der Waals surface area contributed by atoms with Crippen LogP contribution in [0.25, 0.3) is 22.4 Å². The molecule has 4 aromatic rings. The van der Waals surface area contributed by atoms with E-state index in [-0.39, 0.29) is 0 Å². The van der Waals surface area contributed by atoms with Crippen LogP contribution in [-0.2, 0) is 6.61 Å². The highest BCUT2D eigenvalue weighted by molar-refractivity contribution is 9.10. The molecule has 0 fully saturated rings. The number of aromatic nitrogens is 2. The number of hydrogen-bond donors (Lipinski definition) is 1. The first-order valence-corrected chi connectivity index (χ1v) is 9.45. The topological polar surface area (TPSA) is 47.1 Å². The molecule has 5 heteroatoms. The van der Waals surface area contributed by atoms with Crippen molar-refractivity contribution >= 4 is 27.0 Å². The predicted octanol–water partition coefficient (Wildman–Crippen LogP) is 5.89. The van der Waals surface area contributed by atoms with Crippen LogP contribution >= 0.6 is 15.9 Å². The second-order valence-electron chi connectivity index (χ2n) is 6.31. The monoisotopic (exact) mass is 422 g/mol. The zero-order chi connectivity index (χ0) is 18.8. The first kappa shape index (κ1) is 17.6. The predicted molar refractivity (Wildman–Crippen MR) is 111 cm³/mol. The molecule has 0 aliphatic carbocycles. The van der Waals surface area contributed by atoms with Gasteiger partial charge in [0.25, 0.3) is 0 Å². The summed E-state index contributed by atoms with van der Waals surface area (Å²) in [6.45, 7) is 2.56. The summed E-state index contributed by atoms with van der Waals surface area (Å²) in [5.74, 6) is 2.13. The lowest BCUT2D eigenvalue weighted by Crippen LogP contribution is -2.00. The maximum atomic E-state index is 6.07. The van der Waals surface area contributed by atoms with E-state index in [0.717, 1.165) is 32.5 Å². The zero-order valence-electron chi connectivity index (χ0n) is 15.1. The maximum Gasteiger partial charge on any atom is 0.175 e. The van der Waals surface area contributed by atoms with E-state index < -0.39 is 0 Å². The van der Waals surface area contributed by atoms with Gasteiger partial charge in [0.15, 0.2) is 11.5 Å². The normalized spacial score (nSPS) is 10.9. The van der Waals surface area contributed by atoms with Crippen LogP contribution in [0.3, 0.4) is 0 Å². The number of hydrogen-bond acceptors (Lipinski definition) is 3. The number of nitrogens with one attached hydrogen (secondary N) is 1. The summed E-state index contributed by atoms with van der Waals surface area (Å²) < 4.78 is 12.5. The van der Waals surface area contributed by atoms with Crippen molar-refractivity contribution in [1.82, 2.24) is 9.97 Å². The van der Waals surface area contributed by atoms with Gasteiger partial charge in [0.05, 0.1) is 22.6 Å². The fraction of sp³-hybridized carbons (Fsp3) is 0.136. The summed E-state index contributed by atoms with van der Waals surface area (Å²) in [4.78, 5) is 8.01. The number of benzene rings is 3. The Bertz CT molecular complexity index is 1070. The average molecular weight is 423 g/mol. The van der Waals surface area contributed by atoms with Gasteiger partial charge < -0.3 is 14.5 Å². The third-order valence-corrected chi connectivity index (χ3v) is 5.11. The second-order valence-corrected chi connectivity index (χ2v) is 7.16. The molecule has 0 radical (unpaired) electrons. The number of H-pyrrole nitrogens is 1. The van der Waals surface area contributed by atoms with E-state index in [1.165, 1.54) is 5.56 Å². The van der Waals surface area contributed by atoms with Crippen LogP contribution in [0.15, 0.2) is 65.1 Å². The lowest BCUT2D eigenvalue weighted by molar-refractivity contribution is 0.282. The molecule has 27 heavy (non-hydrogen) atoms. The molecule has 0 amide bonds. The molecule has 0 saturated carbocycles. The molecule has 4 nitrogen and oxygen atoms in total. The quantitative estimate of drug-likeness (QED) is 0.436. The summed E-state index contributed by atoms with van der Waals surface area (Å²) in [6, 6.07) is 20.1. The largest absolute Gasteiger partial charge is 0.493 e. The third kappa shape index (κ3) is 3.55. The highest BCUT2D eigenvalue weighted by Crippen LogP contribution is 2.40. The Morgan fingerprint density at radius 2 is 1.81 bits per heavy atom. The van der Waals surface area contributed by atoms with Crippen molar-refractivity contribution in [3.05, 3.63) is 76.3 Å². The second kappa shape index (κ2) is 7.45. The lowest BCUT2D eigenvalue weighted by atomic mass is 10.1. The van der Waals surface area contributed by atoms with E-state index in [1.54, 1.807) is 7.11 Å². The molecule has 0 aliphatic rings. The Morgan fingerprint density at radius 3 is 2.59 bits per heavy atom. The van der Waals surface area contributed by atoms with Crippen molar-refractivity contribution in [3.63, 3.8) is 0 Å². The molecule has 0 spiro atoms. The minimum Gasteiger partial charge on any atom is -0.493 e. The number of fused-ring (bicyclic) bond motifs is 1. The number of methoxy groups -OCH3 is 1. The number of halogens is 1. The molecule has 0 bridgehead atoms. The SMILES string of the molecule is COc1cc(-c2nc3ccccc3[nH]2)cc(Br)c1OCc1ccccc1C. The molecule has 0 aliphatic heterocycles. The number of aryl methyl sites for hydroxylation is 1. The van der Waals surface area contributed by atoms with Crippen LogP contribution in [0.2, 0.25) is 0 Å². The molecular formula is C22H19BrN2O2. The Labute approximate surface area is 166 Å². The first-order valence-electron chi connectivity index (χ1n) is 8.65. The Morgan fingerprint density at radius 1 is 1.04 bits per heavy atom. The zero-order valence-corrected chi connectivity index (χ0v) is 16.7. The summed E-state index contributed by atoms with van der Waals surface area (Å²) in [6.07, 6.45) is 0. The van der Waals surface area contributed by atoms with Crippen molar-refractivity contribution in [3.8, 4) is 22.9 Å². The molecule has 136 valence electrons. The van der Waals surface area contributed by atoms with Gasteiger partial charge in [-0.1, -0.05) is 36.4 Å².